The van der Waals surface area contributed by atoms with Crippen molar-refractivity contribution >= 4 is 0 Å². The summed E-state index contributed by atoms with van der Waals surface area (Å²) in [6.07, 6.45) is 11.8. The van der Waals surface area contributed by atoms with Crippen LogP contribution in [0.25, 0.3) is 11.1 Å². The average molecular weight is 299 g/mol. The van der Waals surface area contributed by atoms with Gasteiger partial charge in [-0.3, -0.25) is 5.10 Å². The molecule has 0 amide bonds. The lowest BCUT2D eigenvalue weighted by Crippen LogP contribution is -2.28. The number of hydrogen-bond acceptors (Lipinski definition) is 3. The molecule has 0 atom stereocenters. The Morgan fingerprint density at radius 2 is 2.00 bits per heavy atom. The molecule has 1 aliphatic rings. The van der Waals surface area contributed by atoms with Gasteiger partial charge in [0.05, 0.1) is 13.3 Å². The van der Waals surface area contributed by atoms with E-state index in [-0.39, 0.29) is 0 Å². The van der Waals surface area contributed by atoms with Crippen molar-refractivity contribution in [3.63, 3.8) is 0 Å². The monoisotopic (exact) mass is 299 g/mol. The smallest absolute Gasteiger partial charge is 0.123 e. The molecular formula is C18H25N3O. The van der Waals surface area contributed by atoms with Gasteiger partial charge in [0.2, 0.25) is 0 Å². The van der Waals surface area contributed by atoms with Crippen LogP contribution in [0.4, 0.5) is 0 Å². The maximum atomic E-state index is 5.52. The fraction of sp³-hybridized carbons (Fsp3) is 0.500. The Bertz CT molecular complexity index is 572. The number of aromatic amines is 1. The summed E-state index contributed by atoms with van der Waals surface area (Å²) in [6.45, 7) is 0.861. The fourth-order valence-corrected chi connectivity index (χ4v) is 3.24. The molecule has 0 unspecified atom stereocenters. The number of benzene rings is 1. The maximum Gasteiger partial charge on any atom is 0.123 e. The molecule has 1 fully saturated rings. The molecule has 0 spiro atoms. The zero-order chi connectivity index (χ0) is 15.2. The van der Waals surface area contributed by atoms with E-state index >= 15 is 0 Å². The Morgan fingerprint density at radius 1 is 1.18 bits per heavy atom. The Hall–Kier alpha value is -1.81. The molecular weight excluding hydrogens is 274 g/mol. The van der Waals surface area contributed by atoms with Crippen molar-refractivity contribution in [2.75, 3.05) is 7.11 Å². The van der Waals surface area contributed by atoms with Crippen LogP contribution in [0, 0.1) is 0 Å². The van der Waals surface area contributed by atoms with Crippen LogP contribution in [0.3, 0.4) is 0 Å². The highest BCUT2D eigenvalue weighted by molar-refractivity contribution is 5.64. The van der Waals surface area contributed by atoms with Crippen molar-refractivity contribution in [3.05, 3.63) is 36.2 Å². The van der Waals surface area contributed by atoms with Gasteiger partial charge < -0.3 is 10.1 Å². The molecule has 2 aromatic rings. The standard InChI is InChI=1S/C18H25N3O/c1-22-18-9-8-14(16-12-20-21-13-16)10-15(18)11-19-17-6-4-2-3-5-7-17/h8-10,12-13,17,19H,2-7,11H2,1H3,(H,20,21). The molecule has 0 saturated heterocycles. The van der Waals surface area contributed by atoms with Gasteiger partial charge in [0.15, 0.2) is 0 Å². The topological polar surface area (TPSA) is 49.9 Å². The van der Waals surface area contributed by atoms with Crippen LogP contribution in [0.15, 0.2) is 30.6 Å². The Labute approximate surface area is 132 Å². The third-order valence-corrected chi connectivity index (χ3v) is 4.55. The summed E-state index contributed by atoms with van der Waals surface area (Å²) >= 11 is 0. The number of rotatable bonds is 5. The molecule has 2 N–H and O–H groups in total. The van der Waals surface area contributed by atoms with Gasteiger partial charge in [0.25, 0.3) is 0 Å². The highest BCUT2D eigenvalue weighted by Crippen LogP contribution is 2.26. The van der Waals surface area contributed by atoms with E-state index in [1.165, 1.54) is 49.7 Å². The number of nitrogens with zero attached hydrogens (tertiary/aromatic N) is 1. The zero-order valence-electron chi connectivity index (χ0n) is 13.3. The number of nitrogens with one attached hydrogen (secondary N) is 2. The second kappa shape index (κ2) is 7.45. The third kappa shape index (κ3) is 3.69. The van der Waals surface area contributed by atoms with Crippen LogP contribution in [-0.2, 0) is 6.54 Å². The van der Waals surface area contributed by atoms with Gasteiger partial charge in [0.1, 0.15) is 5.75 Å². The largest absolute Gasteiger partial charge is 0.496 e. The van der Waals surface area contributed by atoms with Crippen LogP contribution in [0.2, 0.25) is 0 Å². The van der Waals surface area contributed by atoms with Crippen molar-refractivity contribution in [2.45, 2.75) is 51.1 Å². The van der Waals surface area contributed by atoms with Crippen LogP contribution in [-0.4, -0.2) is 23.3 Å². The average Bonchev–Trinajstić information content (AvgIpc) is 2.97. The second-order valence-corrected chi connectivity index (χ2v) is 6.08. The van der Waals surface area contributed by atoms with Crippen molar-refractivity contribution in [2.24, 2.45) is 0 Å². The molecule has 3 rings (SSSR count). The molecule has 1 heterocycles. The molecule has 4 nitrogen and oxygen atoms in total. The van der Waals surface area contributed by atoms with E-state index in [0.29, 0.717) is 6.04 Å². The summed E-state index contributed by atoms with van der Waals surface area (Å²) in [4.78, 5) is 0. The molecule has 1 saturated carbocycles. The predicted octanol–water partition coefficient (Wildman–Crippen LogP) is 3.90. The van der Waals surface area contributed by atoms with Gasteiger partial charge in [-0.1, -0.05) is 31.7 Å². The van der Waals surface area contributed by atoms with E-state index in [4.69, 9.17) is 4.74 Å². The molecule has 4 heteroatoms. The van der Waals surface area contributed by atoms with Crippen molar-refractivity contribution in [1.29, 1.82) is 0 Å². The highest BCUT2D eigenvalue weighted by atomic mass is 16.5. The second-order valence-electron chi connectivity index (χ2n) is 6.08. The van der Waals surface area contributed by atoms with Gasteiger partial charge in [-0.25, -0.2) is 0 Å². The number of hydrogen-bond donors (Lipinski definition) is 2. The van der Waals surface area contributed by atoms with Gasteiger partial charge >= 0.3 is 0 Å². The van der Waals surface area contributed by atoms with Gasteiger partial charge in [0, 0.05) is 29.9 Å². The van der Waals surface area contributed by atoms with E-state index in [1.807, 2.05) is 18.5 Å². The van der Waals surface area contributed by atoms with E-state index in [0.717, 1.165) is 17.9 Å². The van der Waals surface area contributed by atoms with Gasteiger partial charge in [-0.05, 0) is 30.5 Å². The molecule has 1 aliphatic carbocycles. The van der Waals surface area contributed by atoms with Gasteiger partial charge in [-0.2, -0.15) is 5.10 Å². The summed E-state index contributed by atoms with van der Waals surface area (Å²) in [5.41, 5.74) is 3.50. The first-order valence-electron chi connectivity index (χ1n) is 8.26. The van der Waals surface area contributed by atoms with Crippen molar-refractivity contribution in [3.8, 4) is 16.9 Å². The fourth-order valence-electron chi connectivity index (χ4n) is 3.24. The molecule has 22 heavy (non-hydrogen) atoms. The Morgan fingerprint density at radius 3 is 2.68 bits per heavy atom. The summed E-state index contributed by atoms with van der Waals surface area (Å²) in [5.74, 6) is 0.952. The summed E-state index contributed by atoms with van der Waals surface area (Å²) in [6, 6.07) is 6.98. The number of H-pyrrole nitrogens is 1. The SMILES string of the molecule is COc1ccc(-c2cn[nH]c2)cc1CNC1CCCCCC1. The molecule has 1 aromatic carbocycles. The summed E-state index contributed by atoms with van der Waals surface area (Å²) in [7, 11) is 1.74. The lowest BCUT2D eigenvalue weighted by Gasteiger charge is -2.18. The van der Waals surface area contributed by atoms with E-state index in [2.05, 4.69) is 27.6 Å². The summed E-state index contributed by atoms with van der Waals surface area (Å²) in [5, 5.41) is 10.6. The molecule has 0 radical (unpaired) electrons. The van der Waals surface area contributed by atoms with Crippen LogP contribution in [0.1, 0.15) is 44.1 Å². The van der Waals surface area contributed by atoms with Crippen LogP contribution >= 0.6 is 0 Å². The minimum atomic E-state index is 0.643. The number of ether oxygens (including phenoxy) is 1. The number of aromatic nitrogens is 2. The lowest BCUT2D eigenvalue weighted by molar-refractivity contribution is 0.401. The zero-order valence-corrected chi connectivity index (χ0v) is 13.3. The Kier molecular flexibility index (Phi) is 5.11. The lowest BCUT2D eigenvalue weighted by atomic mass is 10.0. The van der Waals surface area contributed by atoms with E-state index in [1.54, 1.807) is 7.11 Å². The predicted molar refractivity (Wildman–Crippen MR) is 88.9 cm³/mol. The highest BCUT2D eigenvalue weighted by Gasteiger charge is 2.13. The van der Waals surface area contributed by atoms with Crippen molar-refractivity contribution in [1.82, 2.24) is 15.5 Å². The quantitative estimate of drug-likeness (QED) is 0.823. The maximum absolute atomic E-state index is 5.52. The van der Waals surface area contributed by atoms with E-state index < -0.39 is 0 Å². The summed E-state index contributed by atoms with van der Waals surface area (Å²) < 4.78 is 5.52. The third-order valence-electron chi connectivity index (χ3n) is 4.55. The van der Waals surface area contributed by atoms with Gasteiger partial charge in [-0.15, -0.1) is 0 Å². The van der Waals surface area contributed by atoms with Crippen LogP contribution < -0.4 is 10.1 Å². The first-order chi connectivity index (χ1) is 10.9. The molecule has 118 valence electrons. The Balaban J connectivity index is 1.72. The first kappa shape index (κ1) is 15.1. The molecule has 0 aliphatic heterocycles. The normalized spacial score (nSPS) is 16.4. The first-order valence-corrected chi connectivity index (χ1v) is 8.26. The molecule has 1 aromatic heterocycles. The minimum absolute atomic E-state index is 0.643. The van der Waals surface area contributed by atoms with Crippen LogP contribution in [0.5, 0.6) is 5.75 Å². The van der Waals surface area contributed by atoms with Crippen molar-refractivity contribution < 1.29 is 4.74 Å². The molecule has 0 bridgehead atoms. The minimum Gasteiger partial charge on any atom is -0.496 e. The van der Waals surface area contributed by atoms with E-state index in [9.17, 15) is 0 Å². The number of methoxy groups -OCH3 is 1.